The average Bonchev–Trinajstić information content (AvgIpc) is 2.92. The fourth-order valence-corrected chi connectivity index (χ4v) is 2.21. The lowest BCUT2D eigenvalue weighted by atomic mass is 10.1. The Balaban J connectivity index is 2.15. The van der Waals surface area contributed by atoms with Crippen molar-refractivity contribution in [1.29, 1.82) is 0 Å². The molecule has 2 rings (SSSR count). The number of nitrogens with zero attached hydrogens (tertiary/aromatic N) is 2. The summed E-state index contributed by atoms with van der Waals surface area (Å²) < 4.78 is 21.3. The van der Waals surface area contributed by atoms with Crippen LogP contribution in [0.15, 0.2) is 30.7 Å². The van der Waals surface area contributed by atoms with Gasteiger partial charge >= 0.3 is 0 Å². The van der Waals surface area contributed by atoms with Gasteiger partial charge in [-0.2, -0.15) is 0 Å². The molecule has 2 aromatic rings. The van der Waals surface area contributed by atoms with E-state index in [0.29, 0.717) is 12.4 Å². The van der Waals surface area contributed by atoms with Gasteiger partial charge in [-0.15, -0.1) is 0 Å². The number of hydrogen-bond donors (Lipinski definition) is 1. The highest BCUT2D eigenvalue weighted by atomic mass is 19.1. The first-order valence-corrected chi connectivity index (χ1v) is 7.24. The molecule has 0 saturated carbocycles. The van der Waals surface area contributed by atoms with Crippen LogP contribution < -0.4 is 10.1 Å². The maximum Gasteiger partial charge on any atom is 0.130 e. The van der Waals surface area contributed by atoms with Crippen molar-refractivity contribution in [2.75, 3.05) is 7.05 Å². The van der Waals surface area contributed by atoms with Gasteiger partial charge in [-0.25, -0.2) is 9.37 Å². The molecule has 5 heteroatoms. The SMILES string of the molecule is CCCn1cncc1COc1cc(F)ccc1C(C)NC. The Labute approximate surface area is 125 Å². The molecular formula is C16H22FN3O. The topological polar surface area (TPSA) is 39.1 Å². The summed E-state index contributed by atoms with van der Waals surface area (Å²) >= 11 is 0. The molecule has 0 aliphatic heterocycles. The summed E-state index contributed by atoms with van der Waals surface area (Å²) in [5.74, 6) is 0.278. The maximum absolute atomic E-state index is 13.5. The zero-order chi connectivity index (χ0) is 15.2. The van der Waals surface area contributed by atoms with Gasteiger partial charge in [0.1, 0.15) is 18.2 Å². The number of nitrogens with one attached hydrogen (secondary N) is 1. The lowest BCUT2D eigenvalue weighted by Gasteiger charge is -2.17. The molecule has 1 aromatic carbocycles. The average molecular weight is 291 g/mol. The van der Waals surface area contributed by atoms with Gasteiger partial charge in [0.2, 0.25) is 0 Å². The Hall–Kier alpha value is -1.88. The van der Waals surface area contributed by atoms with Crippen molar-refractivity contribution in [3.63, 3.8) is 0 Å². The fraction of sp³-hybridized carbons (Fsp3) is 0.438. The van der Waals surface area contributed by atoms with Crippen molar-refractivity contribution in [3.05, 3.63) is 47.8 Å². The molecule has 0 saturated heterocycles. The van der Waals surface area contributed by atoms with Crippen molar-refractivity contribution in [2.24, 2.45) is 0 Å². The third-order valence-corrected chi connectivity index (χ3v) is 3.51. The number of rotatable bonds is 7. The Morgan fingerprint density at radius 2 is 2.24 bits per heavy atom. The van der Waals surface area contributed by atoms with Crippen molar-refractivity contribution in [2.45, 2.75) is 39.5 Å². The Kier molecular flexibility index (Phi) is 5.33. The van der Waals surface area contributed by atoms with Crippen LogP contribution in [0.5, 0.6) is 5.75 Å². The number of ether oxygens (including phenoxy) is 1. The largest absolute Gasteiger partial charge is 0.487 e. The standard InChI is InChI=1S/C16H22FN3O/c1-4-7-20-11-19-9-14(20)10-21-16-8-13(17)5-6-15(16)12(2)18-3/h5-6,8-9,11-12,18H,4,7,10H2,1-3H3. The first-order chi connectivity index (χ1) is 10.2. The molecule has 0 spiro atoms. The van der Waals surface area contributed by atoms with Gasteiger partial charge in [0.25, 0.3) is 0 Å². The summed E-state index contributed by atoms with van der Waals surface area (Å²) in [5, 5.41) is 3.15. The van der Waals surface area contributed by atoms with E-state index in [9.17, 15) is 4.39 Å². The first-order valence-electron chi connectivity index (χ1n) is 7.24. The third kappa shape index (κ3) is 3.82. The predicted molar refractivity (Wildman–Crippen MR) is 80.7 cm³/mol. The van der Waals surface area contributed by atoms with E-state index >= 15 is 0 Å². The first kappa shape index (κ1) is 15.5. The van der Waals surface area contributed by atoms with E-state index in [1.54, 1.807) is 18.6 Å². The second-order valence-electron chi connectivity index (χ2n) is 5.06. The Morgan fingerprint density at radius 1 is 1.43 bits per heavy atom. The summed E-state index contributed by atoms with van der Waals surface area (Å²) in [7, 11) is 1.87. The molecule has 1 atom stereocenters. The van der Waals surface area contributed by atoms with Crippen LogP contribution in [0.1, 0.15) is 37.6 Å². The zero-order valence-corrected chi connectivity index (χ0v) is 12.8. The molecule has 1 N–H and O–H groups in total. The molecule has 114 valence electrons. The molecule has 0 amide bonds. The van der Waals surface area contributed by atoms with Crippen LogP contribution in [0.25, 0.3) is 0 Å². The van der Waals surface area contributed by atoms with Gasteiger partial charge in [-0.3, -0.25) is 0 Å². The molecule has 0 aliphatic carbocycles. The number of aromatic nitrogens is 2. The number of benzene rings is 1. The highest BCUT2D eigenvalue weighted by molar-refractivity contribution is 5.36. The third-order valence-electron chi connectivity index (χ3n) is 3.51. The van der Waals surface area contributed by atoms with Gasteiger partial charge in [0.05, 0.1) is 18.2 Å². The maximum atomic E-state index is 13.5. The van der Waals surface area contributed by atoms with Gasteiger partial charge in [-0.05, 0) is 26.5 Å². The molecule has 21 heavy (non-hydrogen) atoms. The lowest BCUT2D eigenvalue weighted by Crippen LogP contribution is -2.14. The van der Waals surface area contributed by atoms with Crippen LogP contribution in [0.4, 0.5) is 4.39 Å². The van der Waals surface area contributed by atoms with Gasteiger partial charge in [-0.1, -0.05) is 13.0 Å². The highest BCUT2D eigenvalue weighted by Gasteiger charge is 2.12. The van der Waals surface area contributed by atoms with Crippen molar-refractivity contribution in [1.82, 2.24) is 14.9 Å². The minimum Gasteiger partial charge on any atom is -0.487 e. The normalized spacial score (nSPS) is 12.4. The van der Waals surface area contributed by atoms with E-state index in [-0.39, 0.29) is 11.9 Å². The lowest BCUT2D eigenvalue weighted by molar-refractivity contribution is 0.287. The molecule has 0 fully saturated rings. The summed E-state index contributed by atoms with van der Waals surface area (Å²) in [6.45, 7) is 5.42. The van der Waals surface area contributed by atoms with E-state index in [1.165, 1.54) is 12.1 Å². The molecule has 0 radical (unpaired) electrons. The number of aryl methyl sites for hydroxylation is 1. The van der Waals surface area contributed by atoms with E-state index in [1.807, 2.05) is 14.0 Å². The smallest absolute Gasteiger partial charge is 0.130 e. The molecule has 1 unspecified atom stereocenters. The minimum atomic E-state index is -0.292. The number of hydrogen-bond acceptors (Lipinski definition) is 3. The van der Waals surface area contributed by atoms with E-state index in [2.05, 4.69) is 21.8 Å². The highest BCUT2D eigenvalue weighted by Crippen LogP contribution is 2.26. The summed E-state index contributed by atoms with van der Waals surface area (Å²) in [5.41, 5.74) is 1.93. The van der Waals surface area contributed by atoms with E-state index < -0.39 is 0 Å². The fourth-order valence-electron chi connectivity index (χ4n) is 2.21. The van der Waals surface area contributed by atoms with Crippen LogP contribution >= 0.6 is 0 Å². The van der Waals surface area contributed by atoms with Gasteiger partial charge < -0.3 is 14.6 Å². The predicted octanol–water partition coefficient (Wildman–Crippen LogP) is 3.29. The van der Waals surface area contributed by atoms with Crippen LogP contribution in [0.3, 0.4) is 0 Å². The summed E-state index contributed by atoms with van der Waals surface area (Å²) in [6, 6.07) is 4.75. The Morgan fingerprint density at radius 3 is 2.95 bits per heavy atom. The summed E-state index contributed by atoms with van der Waals surface area (Å²) in [6.07, 6.45) is 4.62. The van der Waals surface area contributed by atoms with Crippen molar-refractivity contribution in [3.8, 4) is 5.75 Å². The molecular weight excluding hydrogens is 269 g/mol. The molecule has 0 aliphatic rings. The Bertz CT molecular complexity index is 583. The van der Waals surface area contributed by atoms with E-state index in [4.69, 9.17) is 4.74 Å². The molecule has 4 nitrogen and oxygen atoms in total. The van der Waals surface area contributed by atoms with Crippen LogP contribution in [0.2, 0.25) is 0 Å². The van der Waals surface area contributed by atoms with Gasteiger partial charge in [0.15, 0.2) is 0 Å². The van der Waals surface area contributed by atoms with Gasteiger partial charge in [0, 0.05) is 24.2 Å². The second kappa shape index (κ2) is 7.22. The van der Waals surface area contributed by atoms with Crippen LogP contribution in [-0.2, 0) is 13.2 Å². The molecule has 0 bridgehead atoms. The number of halogens is 1. The minimum absolute atomic E-state index is 0.0983. The molecule has 1 heterocycles. The van der Waals surface area contributed by atoms with Crippen molar-refractivity contribution < 1.29 is 9.13 Å². The molecule has 1 aromatic heterocycles. The number of imidazole rings is 1. The monoisotopic (exact) mass is 291 g/mol. The van der Waals surface area contributed by atoms with E-state index in [0.717, 1.165) is 24.2 Å². The van der Waals surface area contributed by atoms with Crippen LogP contribution in [0, 0.1) is 5.82 Å². The summed E-state index contributed by atoms with van der Waals surface area (Å²) in [4.78, 5) is 4.14. The quantitative estimate of drug-likeness (QED) is 0.851. The second-order valence-corrected chi connectivity index (χ2v) is 5.06. The van der Waals surface area contributed by atoms with Crippen molar-refractivity contribution >= 4 is 0 Å². The zero-order valence-electron chi connectivity index (χ0n) is 12.8. The van der Waals surface area contributed by atoms with Crippen LogP contribution in [-0.4, -0.2) is 16.6 Å².